The van der Waals surface area contributed by atoms with E-state index < -0.39 is 11.9 Å². The summed E-state index contributed by atoms with van der Waals surface area (Å²) in [6.45, 7) is 2.55. The molecule has 0 saturated carbocycles. The summed E-state index contributed by atoms with van der Waals surface area (Å²) in [4.78, 5) is 35.1. The van der Waals surface area contributed by atoms with Crippen LogP contribution in [0.3, 0.4) is 0 Å². The van der Waals surface area contributed by atoms with Crippen LogP contribution in [0, 0.1) is 0 Å². The Morgan fingerprint density at radius 1 is 1.33 bits per heavy atom. The highest BCUT2D eigenvalue weighted by atomic mass is 16.2. The van der Waals surface area contributed by atoms with Gasteiger partial charge in [0.2, 0.25) is 17.7 Å². The Labute approximate surface area is 106 Å². The SMILES string of the molecule is CC(=O)NC1CCN(C(=O)C(N)CC(N)=O)CC1. The lowest BCUT2D eigenvalue weighted by molar-refractivity contribution is -0.135. The van der Waals surface area contributed by atoms with Crippen molar-refractivity contribution in [3.8, 4) is 0 Å². The van der Waals surface area contributed by atoms with E-state index >= 15 is 0 Å². The van der Waals surface area contributed by atoms with Gasteiger partial charge in [-0.05, 0) is 12.8 Å². The van der Waals surface area contributed by atoms with Crippen molar-refractivity contribution >= 4 is 17.7 Å². The average molecular weight is 256 g/mol. The standard InChI is InChI=1S/C11H20N4O3/c1-7(16)14-8-2-4-15(5-3-8)11(18)9(12)6-10(13)17/h8-9H,2-6,12H2,1H3,(H2,13,17)(H,14,16). The molecule has 0 radical (unpaired) electrons. The van der Waals surface area contributed by atoms with Gasteiger partial charge in [0.15, 0.2) is 0 Å². The van der Waals surface area contributed by atoms with Gasteiger partial charge in [-0.2, -0.15) is 0 Å². The number of likely N-dealkylation sites (tertiary alicyclic amines) is 1. The summed E-state index contributed by atoms with van der Waals surface area (Å²) in [5.41, 5.74) is 10.6. The zero-order chi connectivity index (χ0) is 13.7. The number of carbonyl (C=O) groups excluding carboxylic acids is 3. The monoisotopic (exact) mass is 256 g/mol. The lowest BCUT2D eigenvalue weighted by Crippen LogP contribution is -2.51. The highest BCUT2D eigenvalue weighted by molar-refractivity contribution is 5.87. The third kappa shape index (κ3) is 4.33. The molecule has 3 amide bonds. The maximum atomic E-state index is 11.9. The summed E-state index contributed by atoms with van der Waals surface area (Å²) in [6, 6.07) is -0.751. The topological polar surface area (TPSA) is 119 Å². The second-order valence-corrected chi connectivity index (χ2v) is 4.58. The Morgan fingerprint density at radius 3 is 2.33 bits per heavy atom. The molecule has 7 nitrogen and oxygen atoms in total. The van der Waals surface area contributed by atoms with Gasteiger partial charge in [0, 0.05) is 26.1 Å². The van der Waals surface area contributed by atoms with E-state index in [4.69, 9.17) is 11.5 Å². The molecule has 0 bridgehead atoms. The summed E-state index contributed by atoms with van der Waals surface area (Å²) in [6.07, 6.45) is 1.27. The molecule has 0 aromatic heterocycles. The van der Waals surface area contributed by atoms with E-state index in [1.165, 1.54) is 6.92 Å². The smallest absolute Gasteiger partial charge is 0.240 e. The summed E-state index contributed by atoms with van der Waals surface area (Å²) in [5, 5.41) is 2.82. The van der Waals surface area contributed by atoms with Crippen molar-refractivity contribution in [2.45, 2.75) is 38.3 Å². The van der Waals surface area contributed by atoms with E-state index in [1.54, 1.807) is 4.90 Å². The first-order valence-corrected chi connectivity index (χ1v) is 6.00. The minimum Gasteiger partial charge on any atom is -0.370 e. The molecule has 1 atom stereocenters. The average Bonchev–Trinajstić information content (AvgIpc) is 2.27. The first-order chi connectivity index (χ1) is 8.40. The number of carbonyl (C=O) groups is 3. The first kappa shape index (κ1) is 14.4. The molecule has 7 heteroatoms. The molecule has 1 fully saturated rings. The van der Waals surface area contributed by atoms with Crippen LogP contribution in [0.25, 0.3) is 0 Å². The van der Waals surface area contributed by atoms with Crippen LogP contribution in [0.15, 0.2) is 0 Å². The molecule has 0 aromatic rings. The molecule has 0 aromatic carbocycles. The fourth-order valence-corrected chi connectivity index (χ4v) is 2.07. The molecule has 1 aliphatic rings. The Hall–Kier alpha value is -1.63. The van der Waals surface area contributed by atoms with E-state index in [2.05, 4.69) is 5.32 Å². The quantitative estimate of drug-likeness (QED) is 0.556. The van der Waals surface area contributed by atoms with Gasteiger partial charge < -0.3 is 21.7 Å². The fourth-order valence-electron chi connectivity index (χ4n) is 2.07. The van der Waals surface area contributed by atoms with Gasteiger partial charge in [-0.25, -0.2) is 0 Å². The van der Waals surface area contributed by atoms with E-state index in [9.17, 15) is 14.4 Å². The van der Waals surface area contributed by atoms with Gasteiger partial charge in [0.05, 0.1) is 12.5 Å². The molecule has 1 rings (SSSR count). The number of nitrogens with one attached hydrogen (secondary N) is 1. The summed E-state index contributed by atoms with van der Waals surface area (Å²) in [7, 11) is 0. The van der Waals surface area contributed by atoms with Crippen LogP contribution in [-0.4, -0.2) is 47.8 Å². The van der Waals surface area contributed by atoms with Gasteiger partial charge in [-0.15, -0.1) is 0 Å². The second-order valence-electron chi connectivity index (χ2n) is 4.58. The van der Waals surface area contributed by atoms with Crippen molar-refractivity contribution < 1.29 is 14.4 Å². The Kier molecular flexibility index (Phi) is 5.08. The van der Waals surface area contributed by atoms with Crippen LogP contribution in [0.5, 0.6) is 0 Å². The molecule has 1 heterocycles. The molecule has 5 N–H and O–H groups in total. The normalized spacial score (nSPS) is 18.2. The van der Waals surface area contributed by atoms with Crippen molar-refractivity contribution in [3.63, 3.8) is 0 Å². The predicted octanol–water partition coefficient (Wildman–Crippen LogP) is -1.68. The van der Waals surface area contributed by atoms with E-state index in [0.29, 0.717) is 25.9 Å². The third-order valence-corrected chi connectivity index (χ3v) is 2.95. The summed E-state index contributed by atoms with van der Waals surface area (Å²) >= 11 is 0. The van der Waals surface area contributed by atoms with Crippen molar-refractivity contribution in [2.24, 2.45) is 11.5 Å². The van der Waals surface area contributed by atoms with E-state index in [0.717, 1.165) is 0 Å². The minimum atomic E-state index is -0.861. The second kappa shape index (κ2) is 6.34. The maximum absolute atomic E-state index is 11.9. The van der Waals surface area contributed by atoms with Gasteiger partial charge in [0.1, 0.15) is 0 Å². The summed E-state index contributed by atoms with van der Waals surface area (Å²) in [5.74, 6) is -0.899. The van der Waals surface area contributed by atoms with Gasteiger partial charge in [0.25, 0.3) is 0 Å². The number of nitrogens with two attached hydrogens (primary N) is 2. The number of piperidine rings is 1. The third-order valence-electron chi connectivity index (χ3n) is 2.95. The molecular weight excluding hydrogens is 236 g/mol. The maximum Gasteiger partial charge on any atom is 0.240 e. The van der Waals surface area contributed by atoms with Crippen LogP contribution in [-0.2, 0) is 14.4 Å². The highest BCUT2D eigenvalue weighted by Crippen LogP contribution is 2.11. The van der Waals surface area contributed by atoms with Crippen LogP contribution >= 0.6 is 0 Å². The molecule has 1 unspecified atom stereocenters. The van der Waals surface area contributed by atoms with Crippen LogP contribution in [0.4, 0.5) is 0 Å². The molecule has 18 heavy (non-hydrogen) atoms. The fraction of sp³-hybridized carbons (Fsp3) is 0.727. The number of hydrogen-bond donors (Lipinski definition) is 3. The molecule has 0 aliphatic carbocycles. The minimum absolute atomic E-state index is 0.0646. The first-order valence-electron chi connectivity index (χ1n) is 6.00. The van der Waals surface area contributed by atoms with E-state index in [-0.39, 0.29) is 24.3 Å². The Morgan fingerprint density at radius 2 is 1.89 bits per heavy atom. The van der Waals surface area contributed by atoms with Crippen molar-refractivity contribution in [3.05, 3.63) is 0 Å². The lowest BCUT2D eigenvalue weighted by Gasteiger charge is -2.33. The molecule has 1 aliphatic heterocycles. The number of primary amides is 1. The van der Waals surface area contributed by atoms with Gasteiger partial charge >= 0.3 is 0 Å². The lowest BCUT2D eigenvalue weighted by atomic mass is 10.0. The van der Waals surface area contributed by atoms with Gasteiger partial charge in [-0.1, -0.05) is 0 Å². The molecule has 102 valence electrons. The number of rotatable bonds is 4. The van der Waals surface area contributed by atoms with Crippen molar-refractivity contribution in [1.29, 1.82) is 0 Å². The molecule has 1 saturated heterocycles. The highest BCUT2D eigenvalue weighted by Gasteiger charge is 2.27. The van der Waals surface area contributed by atoms with Crippen LogP contribution in [0.1, 0.15) is 26.2 Å². The van der Waals surface area contributed by atoms with Crippen molar-refractivity contribution in [1.82, 2.24) is 10.2 Å². The number of hydrogen-bond acceptors (Lipinski definition) is 4. The summed E-state index contributed by atoms with van der Waals surface area (Å²) < 4.78 is 0. The largest absolute Gasteiger partial charge is 0.370 e. The molecule has 0 spiro atoms. The van der Waals surface area contributed by atoms with Gasteiger partial charge in [-0.3, -0.25) is 14.4 Å². The number of amides is 3. The Balaban J connectivity index is 2.40. The molecular formula is C11H20N4O3. The predicted molar refractivity (Wildman–Crippen MR) is 65.2 cm³/mol. The zero-order valence-corrected chi connectivity index (χ0v) is 10.5. The number of nitrogens with zero attached hydrogens (tertiary/aromatic N) is 1. The Bertz CT molecular complexity index is 337. The van der Waals surface area contributed by atoms with Crippen molar-refractivity contribution in [2.75, 3.05) is 13.1 Å². The van der Waals surface area contributed by atoms with E-state index in [1.807, 2.05) is 0 Å². The van der Waals surface area contributed by atoms with Crippen LogP contribution < -0.4 is 16.8 Å². The van der Waals surface area contributed by atoms with Crippen LogP contribution in [0.2, 0.25) is 0 Å². The zero-order valence-electron chi connectivity index (χ0n) is 10.5.